The zero-order chi connectivity index (χ0) is 19.0. The lowest BCUT2D eigenvalue weighted by Crippen LogP contribution is -2.08. The Morgan fingerprint density at radius 1 is 0.680 bits per heavy atom. The number of nitrogens with two attached hydrogens (primary N) is 1. The molecular weight excluding hydrogens is 310 g/mol. The Bertz CT molecular complexity index is 275. The van der Waals surface area contributed by atoms with Crippen LogP contribution < -0.4 is 5.90 Å². The molecule has 0 aliphatic carbocycles. The van der Waals surface area contributed by atoms with Crippen LogP contribution in [0.15, 0.2) is 12.2 Å². The first-order valence-electron chi connectivity index (χ1n) is 10.8. The quantitative estimate of drug-likeness (QED) is 0.180. The van der Waals surface area contributed by atoms with Gasteiger partial charge in [-0.25, -0.2) is 0 Å². The van der Waals surface area contributed by atoms with Crippen LogP contribution in [0, 0.1) is 0 Å². The maximum absolute atomic E-state index is 10.8. The summed E-state index contributed by atoms with van der Waals surface area (Å²) in [5.41, 5.74) is 0. The fourth-order valence-electron chi connectivity index (χ4n) is 2.40. The van der Waals surface area contributed by atoms with Gasteiger partial charge in [0.25, 0.3) is 0 Å². The number of carbonyl (C=O) groups is 1. The zero-order valence-electron chi connectivity index (χ0n) is 17.4. The van der Waals surface area contributed by atoms with E-state index in [1.54, 1.807) is 0 Å². The summed E-state index contributed by atoms with van der Waals surface area (Å²) >= 11 is 0. The van der Waals surface area contributed by atoms with Gasteiger partial charge in [-0.3, -0.25) is 4.79 Å². The van der Waals surface area contributed by atoms with Gasteiger partial charge in [-0.2, -0.15) is 5.90 Å². The highest BCUT2D eigenvalue weighted by Gasteiger charge is 1.99. The summed E-state index contributed by atoms with van der Waals surface area (Å²) in [6.07, 6.45) is 24.2. The van der Waals surface area contributed by atoms with Crippen LogP contribution >= 0.6 is 0 Å². The van der Waals surface area contributed by atoms with Crippen molar-refractivity contribution in [2.24, 2.45) is 5.90 Å². The molecule has 0 aromatic rings. The smallest absolute Gasteiger partial charge is 0.324 e. The van der Waals surface area contributed by atoms with Gasteiger partial charge in [-0.1, -0.05) is 97.1 Å². The van der Waals surface area contributed by atoms with Crippen LogP contribution in [-0.4, -0.2) is 5.97 Å². The van der Waals surface area contributed by atoms with E-state index in [1.165, 1.54) is 83.5 Å². The van der Waals surface area contributed by atoms with Crippen molar-refractivity contribution in [1.29, 1.82) is 0 Å². The predicted molar refractivity (Wildman–Crippen MR) is 110 cm³/mol. The molecular formula is C22H45NO2. The molecule has 0 rings (SSSR count). The molecule has 0 heterocycles. The molecule has 0 fully saturated rings. The van der Waals surface area contributed by atoms with Gasteiger partial charge in [-0.05, 0) is 32.1 Å². The molecule has 2 N–H and O–H groups in total. The normalized spacial score (nSPS) is 10.6. The Labute approximate surface area is 157 Å². The highest BCUT2D eigenvalue weighted by atomic mass is 16.7. The molecule has 0 bridgehead atoms. The van der Waals surface area contributed by atoms with E-state index in [0.717, 1.165) is 12.8 Å². The summed E-state index contributed by atoms with van der Waals surface area (Å²) in [6, 6.07) is 0. The maximum Gasteiger partial charge on any atom is 0.324 e. The lowest BCUT2D eigenvalue weighted by atomic mass is 10.1. The number of unbranched alkanes of at least 4 members (excludes halogenated alkanes) is 12. The molecule has 0 spiro atoms. The largest absolute Gasteiger partial charge is 0.373 e. The molecule has 0 saturated carbocycles. The van der Waals surface area contributed by atoms with Crippen molar-refractivity contribution < 1.29 is 9.63 Å². The van der Waals surface area contributed by atoms with Crippen LogP contribution in [0.1, 0.15) is 124 Å². The van der Waals surface area contributed by atoms with Gasteiger partial charge in [0, 0.05) is 6.42 Å². The molecule has 0 aliphatic rings. The molecule has 0 aromatic carbocycles. The SMILES string of the molecule is CCCC.CCCCCCCC/C=C\CCCCCCCC(=O)ON. The summed E-state index contributed by atoms with van der Waals surface area (Å²) in [5, 5.41) is 0. The van der Waals surface area contributed by atoms with Crippen LogP contribution in [0.3, 0.4) is 0 Å². The topological polar surface area (TPSA) is 52.3 Å². The minimum atomic E-state index is -0.298. The van der Waals surface area contributed by atoms with Gasteiger partial charge in [0.2, 0.25) is 0 Å². The van der Waals surface area contributed by atoms with Crippen molar-refractivity contribution in [1.82, 2.24) is 0 Å². The van der Waals surface area contributed by atoms with Gasteiger partial charge in [0.15, 0.2) is 0 Å². The lowest BCUT2D eigenvalue weighted by molar-refractivity contribution is -0.144. The standard InChI is InChI=1S/C18H35NO2.C4H10/c1-2-3-4-5-6-7-8-9-10-11-12-13-14-15-16-17-18(20)21-19;1-3-4-2/h9-10H,2-8,11-17,19H2,1H3;3-4H2,1-2H3/b10-9-;. The van der Waals surface area contributed by atoms with Crippen molar-refractivity contribution in [3.05, 3.63) is 12.2 Å². The molecule has 0 aliphatic heterocycles. The molecule has 0 atom stereocenters. The van der Waals surface area contributed by atoms with Crippen molar-refractivity contribution in [3.8, 4) is 0 Å². The minimum absolute atomic E-state index is 0.298. The molecule has 25 heavy (non-hydrogen) atoms. The molecule has 0 radical (unpaired) electrons. The van der Waals surface area contributed by atoms with Crippen LogP contribution in [0.2, 0.25) is 0 Å². The average molecular weight is 356 g/mol. The first-order valence-corrected chi connectivity index (χ1v) is 10.8. The van der Waals surface area contributed by atoms with Crippen molar-refractivity contribution in [3.63, 3.8) is 0 Å². The maximum atomic E-state index is 10.8. The number of allylic oxidation sites excluding steroid dienone is 2. The number of hydrogen-bond donors (Lipinski definition) is 1. The summed E-state index contributed by atoms with van der Waals surface area (Å²) in [6.45, 7) is 6.62. The highest BCUT2D eigenvalue weighted by Crippen LogP contribution is 2.09. The zero-order valence-corrected chi connectivity index (χ0v) is 17.4. The second-order valence-corrected chi connectivity index (χ2v) is 6.82. The third-order valence-electron chi connectivity index (χ3n) is 4.27. The fraction of sp³-hybridized carbons (Fsp3) is 0.864. The van der Waals surface area contributed by atoms with E-state index >= 15 is 0 Å². The van der Waals surface area contributed by atoms with Gasteiger partial charge in [0.05, 0.1) is 0 Å². The summed E-state index contributed by atoms with van der Waals surface area (Å²) in [4.78, 5) is 14.9. The van der Waals surface area contributed by atoms with Crippen molar-refractivity contribution >= 4 is 5.97 Å². The van der Waals surface area contributed by atoms with Crippen LogP contribution in [-0.2, 0) is 9.63 Å². The van der Waals surface area contributed by atoms with E-state index in [1.807, 2.05) is 0 Å². The van der Waals surface area contributed by atoms with E-state index < -0.39 is 0 Å². The molecule has 0 saturated heterocycles. The monoisotopic (exact) mass is 355 g/mol. The number of carbonyl (C=O) groups excluding carboxylic acids is 1. The number of hydrogen-bond acceptors (Lipinski definition) is 3. The van der Waals surface area contributed by atoms with Crippen molar-refractivity contribution in [2.45, 2.75) is 124 Å². The fourth-order valence-corrected chi connectivity index (χ4v) is 2.40. The van der Waals surface area contributed by atoms with Gasteiger partial charge in [-0.15, -0.1) is 0 Å². The Balaban J connectivity index is 0. The Morgan fingerprint density at radius 2 is 1.12 bits per heavy atom. The van der Waals surface area contributed by atoms with Gasteiger partial charge in [0.1, 0.15) is 0 Å². The predicted octanol–water partition coefficient (Wildman–Crippen LogP) is 7.25. The first-order chi connectivity index (χ1) is 12.2. The Hall–Kier alpha value is -0.830. The number of rotatable bonds is 16. The Morgan fingerprint density at radius 3 is 1.56 bits per heavy atom. The summed E-state index contributed by atoms with van der Waals surface area (Å²) in [5.74, 6) is 4.48. The van der Waals surface area contributed by atoms with E-state index in [2.05, 4.69) is 37.8 Å². The molecule has 0 aromatic heterocycles. The second-order valence-electron chi connectivity index (χ2n) is 6.82. The summed E-state index contributed by atoms with van der Waals surface area (Å²) < 4.78 is 0. The van der Waals surface area contributed by atoms with Crippen LogP contribution in [0.4, 0.5) is 0 Å². The van der Waals surface area contributed by atoms with E-state index in [0.29, 0.717) is 6.42 Å². The van der Waals surface area contributed by atoms with Crippen LogP contribution in [0.5, 0.6) is 0 Å². The summed E-state index contributed by atoms with van der Waals surface area (Å²) in [7, 11) is 0. The average Bonchev–Trinajstić information content (AvgIpc) is 2.64. The molecule has 3 heteroatoms. The second kappa shape index (κ2) is 25.4. The first kappa shape index (κ1) is 26.4. The highest BCUT2D eigenvalue weighted by molar-refractivity contribution is 5.68. The van der Waals surface area contributed by atoms with Gasteiger partial charge < -0.3 is 4.84 Å². The van der Waals surface area contributed by atoms with Crippen molar-refractivity contribution in [2.75, 3.05) is 0 Å². The molecule has 150 valence electrons. The van der Waals surface area contributed by atoms with Gasteiger partial charge >= 0.3 is 5.97 Å². The Kier molecular flexibility index (Phi) is 26.8. The molecule has 0 unspecified atom stereocenters. The third-order valence-corrected chi connectivity index (χ3v) is 4.27. The minimum Gasteiger partial charge on any atom is -0.373 e. The van der Waals surface area contributed by atoms with Crippen LogP contribution in [0.25, 0.3) is 0 Å². The lowest BCUT2D eigenvalue weighted by Gasteiger charge is -2.00. The molecule has 3 nitrogen and oxygen atoms in total. The third kappa shape index (κ3) is 28.3. The molecule has 0 amide bonds. The van der Waals surface area contributed by atoms with E-state index in [4.69, 9.17) is 5.90 Å². The van der Waals surface area contributed by atoms with E-state index in [9.17, 15) is 4.79 Å². The van der Waals surface area contributed by atoms with E-state index in [-0.39, 0.29) is 5.97 Å².